The molecule has 3 aromatic heterocycles. The van der Waals surface area contributed by atoms with Gasteiger partial charge in [0, 0.05) is 19.4 Å². The van der Waals surface area contributed by atoms with Crippen molar-refractivity contribution in [2.24, 2.45) is 12.1 Å². The van der Waals surface area contributed by atoms with Crippen LogP contribution < -0.4 is 16.7 Å². The molecule has 0 aliphatic heterocycles. The van der Waals surface area contributed by atoms with E-state index >= 15 is 0 Å². The van der Waals surface area contributed by atoms with E-state index in [1.54, 1.807) is 24.5 Å². The number of aryl methyl sites for hydroxylation is 1. The van der Waals surface area contributed by atoms with Crippen LogP contribution in [0.3, 0.4) is 0 Å². The first-order valence-corrected chi connectivity index (χ1v) is 7.69. The minimum Gasteiger partial charge on any atom is -0.394 e. The second kappa shape index (κ2) is 7.29. The highest BCUT2D eigenvalue weighted by atomic mass is 16.3. The van der Waals surface area contributed by atoms with Gasteiger partial charge in [0.05, 0.1) is 25.5 Å². The molecular weight excluding hydrogens is 342 g/mol. The Kier molecular flexibility index (Phi) is 4.91. The second-order valence-corrected chi connectivity index (χ2v) is 5.52. The molecule has 0 bridgehead atoms. The summed E-state index contributed by atoms with van der Waals surface area (Å²) < 4.78 is 2.54. The molecule has 3 rings (SSSR count). The van der Waals surface area contributed by atoms with E-state index in [0.717, 1.165) is 5.56 Å². The molecule has 0 aliphatic carbocycles. The molecule has 0 spiro atoms. The first kappa shape index (κ1) is 17.5. The molecule has 0 radical (unpaired) electrons. The van der Waals surface area contributed by atoms with Crippen LogP contribution >= 0.6 is 0 Å². The maximum absolute atomic E-state index is 12.2. The van der Waals surface area contributed by atoms with E-state index in [2.05, 4.69) is 25.5 Å². The van der Waals surface area contributed by atoms with Crippen molar-refractivity contribution in [1.29, 1.82) is 0 Å². The van der Waals surface area contributed by atoms with Gasteiger partial charge in [0.2, 0.25) is 5.95 Å². The van der Waals surface area contributed by atoms with E-state index in [9.17, 15) is 14.7 Å². The van der Waals surface area contributed by atoms with Gasteiger partial charge in [-0.25, -0.2) is 10.2 Å². The number of aromatic nitrogens is 5. The van der Waals surface area contributed by atoms with Crippen LogP contribution in [0.25, 0.3) is 11.2 Å². The van der Waals surface area contributed by atoms with Crippen LogP contribution in [0, 0.1) is 0 Å². The minimum atomic E-state index is -1.12. The summed E-state index contributed by atoms with van der Waals surface area (Å²) in [5.41, 5.74) is 2.44. The zero-order valence-corrected chi connectivity index (χ0v) is 13.8. The molecule has 26 heavy (non-hydrogen) atoms. The van der Waals surface area contributed by atoms with Gasteiger partial charge in [-0.3, -0.25) is 19.3 Å². The van der Waals surface area contributed by atoms with Crippen molar-refractivity contribution in [2.45, 2.75) is 12.6 Å². The SMILES string of the molecule is Cn1c(=O)[nH]c(=O)c2c1nc(N/N=C\c1ccncc1)n2C[C@H](O)CO. The van der Waals surface area contributed by atoms with Crippen molar-refractivity contribution in [3.63, 3.8) is 0 Å². The molecule has 0 fully saturated rings. The summed E-state index contributed by atoms with van der Waals surface area (Å²) in [4.78, 5) is 34.3. The molecule has 1 atom stereocenters. The number of nitrogens with zero attached hydrogens (tertiary/aromatic N) is 5. The normalized spacial score (nSPS) is 12.7. The molecule has 3 heterocycles. The molecule has 0 saturated carbocycles. The van der Waals surface area contributed by atoms with Crippen LogP contribution in [0.5, 0.6) is 0 Å². The van der Waals surface area contributed by atoms with Crippen molar-refractivity contribution in [3.8, 4) is 0 Å². The Labute approximate surface area is 146 Å². The second-order valence-electron chi connectivity index (χ2n) is 5.52. The van der Waals surface area contributed by atoms with Gasteiger partial charge >= 0.3 is 5.69 Å². The van der Waals surface area contributed by atoms with Crippen molar-refractivity contribution < 1.29 is 10.2 Å². The summed E-state index contributed by atoms with van der Waals surface area (Å²) in [6, 6.07) is 3.50. The summed E-state index contributed by atoms with van der Waals surface area (Å²) in [7, 11) is 1.46. The van der Waals surface area contributed by atoms with Crippen LogP contribution in [0.1, 0.15) is 5.56 Å². The van der Waals surface area contributed by atoms with Gasteiger partial charge in [-0.05, 0) is 17.7 Å². The maximum Gasteiger partial charge on any atom is 0.329 e. The summed E-state index contributed by atoms with van der Waals surface area (Å²) in [5, 5.41) is 22.9. The van der Waals surface area contributed by atoms with Crippen LogP contribution in [0.4, 0.5) is 5.95 Å². The van der Waals surface area contributed by atoms with Crippen LogP contribution in [0.2, 0.25) is 0 Å². The zero-order valence-electron chi connectivity index (χ0n) is 13.8. The van der Waals surface area contributed by atoms with Crippen molar-refractivity contribution in [3.05, 3.63) is 50.9 Å². The van der Waals surface area contributed by atoms with Crippen molar-refractivity contribution in [1.82, 2.24) is 24.1 Å². The van der Waals surface area contributed by atoms with E-state index in [1.165, 1.54) is 22.4 Å². The molecule has 136 valence electrons. The quantitative estimate of drug-likeness (QED) is 0.313. The van der Waals surface area contributed by atoms with Gasteiger partial charge in [0.1, 0.15) is 0 Å². The lowest BCUT2D eigenvalue weighted by Crippen LogP contribution is -2.30. The lowest BCUT2D eigenvalue weighted by Gasteiger charge is -2.11. The Morgan fingerprint density at radius 2 is 2.12 bits per heavy atom. The Morgan fingerprint density at radius 1 is 1.38 bits per heavy atom. The number of imidazole rings is 1. The van der Waals surface area contributed by atoms with E-state index in [-0.39, 0.29) is 23.7 Å². The molecule has 0 unspecified atom stereocenters. The Bertz CT molecular complexity index is 1050. The number of anilines is 1. The highest BCUT2D eigenvalue weighted by Gasteiger charge is 2.19. The molecule has 0 amide bonds. The number of hydrogen-bond donors (Lipinski definition) is 4. The summed E-state index contributed by atoms with van der Waals surface area (Å²) in [5.74, 6) is 0.143. The third-order valence-electron chi connectivity index (χ3n) is 3.70. The number of aromatic amines is 1. The van der Waals surface area contributed by atoms with E-state index < -0.39 is 24.0 Å². The van der Waals surface area contributed by atoms with E-state index in [4.69, 9.17) is 5.11 Å². The third kappa shape index (κ3) is 3.38. The van der Waals surface area contributed by atoms with Gasteiger partial charge in [-0.1, -0.05) is 0 Å². The van der Waals surface area contributed by atoms with Crippen LogP contribution in [-0.2, 0) is 13.6 Å². The summed E-state index contributed by atoms with van der Waals surface area (Å²) in [6.45, 7) is -0.607. The highest BCUT2D eigenvalue weighted by Crippen LogP contribution is 2.16. The van der Waals surface area contributed by atoms with E-state index in [0.29, 0.717) is 0 Å². The number of hydrogen-bond acceptors (Lipinski definition) is 8. The number of fused-ring (bicyclic) bond motifs is 1. The Morgan fingerprint density at radius 3 is 2.81 bits per heavy atom. The average molecular weight is 359 g/mol. The van der Waals surface area contributed by atoms with E-state index in [1.807, 2.05) is 0 Å². The predicted molar refractivity (Wildman–Crippen MR) is 94.1 cm³/mol. The van der Waals surface area contributed by atoms with Crippen LogP contribution in [0.15, 0.2) is 39.2 Å². The molecule has 0 aromatic carbocycles. The highest BCUT2D eigenvalue weighted by molar-refractivity contribution is 5.80. The topological polar surface area (TPSA) is 150 Å². The number of pyridine rings is 1. The van der Waals surface area contributed by atoms with Crippen molar-refractivity contribution in [2.75, 3.05) is 12.0 Å². The Hall–Kier alpha value is -3.31. The Balaban J connectivity index is 2.05. The maximum atomic E-state index is 12.2. The number of rotatable bonds is 6. The average Bonchev–Trinajstić information content (AvgIpc) is 2.99. The first-order chi connectivity index (χ1) is 12.5. The minimum absolute atomic E-state index is 0.0845. The fourth-order valence-corrected chi connectivity index (χ4v) is 2.38. The lowest BCUT2D eigenvalue weighted by atomic mass is 10.3. The molecule has 11 nitrogen and oxygen atoms in total. The van der Waals surface area contributed by atoms with Crippen molar-refractivity contribution >= 4 is 23.3 Å². The molecule has 11 heteroatoms. The standard InChI is InChI=1S/C15H17N7O4/c1-21-12-11(13(25)19-15(21)26)22(7-10(24)8-23)14(18-12)20-17-6-9-2-4-16-5-3-9/h2-6,10,23-24H,7-8H2,1H3,(H,18,20)(H,19,25,26)/b17-6-/t10-/m0/s1. The molecular formula is C15H17N7O4. The van der Waals surface area contributed by atoms with Gasteiger partial charge in [-0.15, -0.1) is 0 Å². The third-order valence-corrected chi connectivity index (χ3v) is 3.70. The fraction of sp³-hybridized carbons (Fsp3) is 0.267. The van der Waals surface area contributed by atoms with Gasteiger partial charge in [-0.2, -0.15) is 10.1 Å². The van der Waals surface area contributed by atoms with Gasteiger partial charge in [0.25, 0.3) is 5.56 Å². The van der Waals surface area contributed by atoms with Gasteiger partial charge in [0.15, 0.2) is 11.2 Å². The molecule has 0 aliphatic rings. The fourth-order valence-electron chi connectivity index (χ4n) is 2.38. The van der Waals surface area contributed by atoms with Crippen LogP contribution in [-0.4, -0.2) is 53.2 Å². The molecule has 3 aromatic rings. The number of aliphatic hydroxyl groups is 2. The smallest absolute Gasteiger partial charge is 0.329 e. The molecule has 0 saturated heterocycles. The number of nitrogens with one attached hydrogen (secondary N) is 2. The summed E-state index contributed by atoms with van der Waals surface area (Å²) >= 11 is 0. The first-order valence-electron chi connectivity index (χ1n) is 7.69. The summed E-state index contributed by atoms with van der Waals surface area (Å²) in [6.07, 6.45) is 3.64. The number of aliphatic hydroxyl groups excluding tert-OH is 2. The number of H-pyrrole nitrogens is 1. The predicted octanol–water partition coefficient (Wildman–Crippen LogP) is -1.38. The monoisotopic (exact) mass is 359 g/mol. The number of hydrazone groups is 1. The zero-order chi connectivity index (χ0) is 18.7. The van der Waals surface area contributed by atoms with Gasteiger partial charge < -0.3 is 14.8 Å². The lowest BCUT2D eigenvalue weighted by molar-refractivity contribution is 0.0825. The largest absolute Gasteiger partial charge is 0.394 e. The molecule has 4 N–H and O–H groups in total.